The standard InChI is InChI=1S/C13H8FN5O/c14-8-5-7(1-2-9(8)16)20-11-3-4-17-13-12(11)10(6-15)18-19-13/h1-5H,16H2,(H,17,18,19). The summed E-state index contributed by atoms with van der Waals surface area (Å²) in [5.41, 5.74) is 6.03. The van der Waals surface area contributed by atoms with Gasteiger partial charge in [-0.1, -0.05) is 0 Å². The summed E-state index contributed by atoms with van der Waals surface area (Å²) in [7, 11) is 0. The van der Waals surface area contributed by atoms with Crippen LogP contribution >= 0.6 is 0 Å². The highest BCUT2D eigenvalue weighted by Gasteiger charge is 2.13. The van der Waals surface area contributed by atoms with E-state index in [0.717, 1.165) is 0 Å². The van der Waals surface area contributed by atoms with Crippen molar-refractivity contribution in [1.29, 1.82) is 5.26 Å². The SMILES string of the molecule is N#Cc1[nH]nc2nccc(Oc3ccc(N)c(F)c3)c12. The maximum absolute atomic E-state index is 13.4. The molecule has 0 saturated carbocycles. The fraction of sp³-hybridized carbons (Fsp3) is 0. The normalized spacial score (nSPS) is 10.4. The van der Waals surface area contributed by atoms with Crippen LogP contribution in [0.15, 0.2) is 30.5 Å². The second-order valence-corrected chi connectivity index (χ2v) is 4.00. The van der Waals surface area contributed by atoms with Gasteiger partial charge < -0.3 is 10.5 Å². The summed E-state index contributed by atoms with van der Waals surface area (Å²) >= 11 is 0. The van der Waals surface area contributed by atoms with Crippen LogP contribution < -0.4 is 10.5 Å². The average molecular weight is 269 g/mol. The highest BCUT2D eigenvalue weighted by molar-refractivity contribution is 5.86. The van der Waals surface area contributed by atoms with E-state index in [1.807, 2.05) is 6.07 Å². The van der Waals surface area contributed by atoms with Crippen LogP contribution in [0.25, 0.3) is 11.0 Å². The number of rotatable bonds is 2. The minimum atomic E-state index is -0.569. The number of fused-ring (bicyclic) bond motifs is 1. The third-order valence-electron chi connectivity index (χ3n) is 2.73. The number of H-pyrrole nitrogens is 1. The van der Waals surface area contributed by atoms with Crippen LogP contribution in [0.1, 0.15) is 5.69 Å². The molecule has 0 spiro atoms. The van der Waals surface area contributed by atoms with Crippen LogP contribution in [0.5, 0.6) is 11.5 Å². The second kappa shape index (κ2) is 4.51. The number of aromatic amines is 1. The molecular formula is C13H8FN5O. The lowest BCUT2D eigenvalue weighted by Gasteiger charge is -2.07. The molecule has 20 heavy (non-hydrogen) atoms. The molecule has 0 amide bonds. The van der Waals surface area contributed by atoms with Gasteiger partial charge in [0.25, 0.3) is 0 Å². The van der Waals surface area contributed by atoms with Gasteiger partial charge in [0.05, 0.1) is 11.1 Å². The molecule has 98 valence electrons. The van der Waals surface area contributed by atoms with Gasteiger partial charge in [-0.15, -0.1) is 0 Å². The highest BCUT2D eigenvalue weighted by Crippen LogP contribution is 2.30. The van der Waals surface area contributed by atoms with Gasteiger partial charge in [-0.25, -0.2) is 9.37 Å². The van der Waals surface area contributed by atoms with Crippen molar-refractivity contribution in [3.63, 3.8) is 0 Å². The molecule has 0 aliphatic carbocycles. The van der Waals surface area contributed by atoms with Crippen molar-refractivity contribution in [2.45, 2.75) is 0 Å². The molecule has 7 heteroatoms. The lowest BCUT2D eigenvalue weighted by Crippen LogP contribution is -1.92. The first-order chi connectivity index (χ1) is 9.69. The first kappa shape index (κ1) is 11.9. The van der Waals surface area contributed by atoms with E-state index < -0.39 is 5.82 Å². The van der Waals surface area contributed by atoms with Crippen LogP contribution in [-0.4, -0.2) is 15.2 Å². The topological polar surface area (TPSA) is 101 Å². The minimum absolute atomic E-state index is 0.0400. The Bertz CT molecular complexity index is 836. The summed E-state index contributed by atoms with van der Waals surface area (Å²) in [6.07, 6.45) is 1.49. The Morgan fingerprint density at radius 2 is 2.20 bits per heavy atom. The van der Waals surface area contributed by atoms with Gasteiger partial charge in [0.2, 0.25) is 0 Å². The van der Waals surface area contributed by atoms with E-state index in [4.69, 9.17) is 15.7 Å². The number of nitrogens with two attached hydrogens (primary N) is 1. The van der Waals surface area contributed by atoms with Crippen molar-refractivity contribution in [1.82, 2.24) is 15.2 Å². The number of nitrogens with zero attached hydrogens (tertiary/aromatic N) is 3. The summed E-state index contributed by atoms with van der Waals surface area (Å²) in [6.45, 7) is 0. The number of anilines is 1. The molecule has 0 atom stereocenters. The summed E-state index contributed by atoms with van der Waals surface area (Å²) in [5, 5.41) is 15.9. The Morgan fingerprint density at radius 3 is 2.95 bits per heavy atom. The number of aromatic nitrogens is 3. The third kappa shape index (κ3) is 1.89. The average Bonchev–Trinajstić information content (AvgIpc) is 2.87. The molecule has 1 aromatic carbocycles. The molecule has 6 nitrogen and oxygen atoms in total. The van der Waals surface area contributed by atoms with Gasteiger partial charge in [-0.2, -0.15) is 10.4 Å². The zero-order valence-corrected chi connectivity index (χ0v) is 10.1. The number of ether oxygens (including phenoxy) is 1. The minimum Gasteiger partial charge on any atom is -0.456 e. The zero-order valence-electron chi connectivity index (χ0n) is 10.1. The molecule has 2 heterocycles. The number of hydrogen-bond donors (Lipinski definition) is 2. The Morgan fingerprint density at radius 1 is 1.35 bits per heavy atom. The van der Waals surface area contributed by atoms with Crippen molar-refractivity contribution >= 4 is 16.7 Å². The molecule has 2 aromatic heterocycles. The van der Waals surface area contributed by atoms with E-state index in [2.05, 4.69) is 15.2 Å². The molecule has 3 aromatic rings. The number of hydrogen-bond acceptors (Lipinski definition) is 5. The number of nitriles is 1. The number of pyridine rings is 1. The maximum Gasteiger partial charge on any atom is 0.186 e. The molecule has 3 rings (SSSR count). The lowest BCUT2D eigenvalue weighted by atomic mass is 10.2. The lowest BCUT2D eigenvalue weighted by molar-refractivity contribution is 0.482. The smallest absolute Gasteiger partial charge is 0.186 e. The van der Waals surface area contributed by atoms with E-state index in [9.17, 15) is 4.39 Å². The van der Waals surface area contributed by atoms with Crippen molar-refractivity contribution in [2.75, 3.05) is 5.73 Å². The van der Waals surface area contributed by atoms with Crippen LogP contribution in [-0.2, 0) is 0 Å². The quantitative estimate of drug-likeness (QED) is 0.695. The maximum atomic E-state index is 13.4. The van der Waals surface area contributed by atoms with Crippen molar-refractivity contribution in [2.24, 2.45) is 0 Å². The summed E-state index contributed by atoms with van der Waals surface area (Å²) in [4.78, 5) is 4.02. The van der Waals surface area contributed by atoms with Crippen molar-refractivity contribution in [3.05, 3.63) is 42.0 Å². The van der Waals surface area contributed by atoms with E-state index >= 15 is 0 Å². The van der Waals surface area contributed by atoms with E-state index in [-0.39, 0.29) is 17.1 Å². The zero-order chi connectivity index (χ0) is 14.1. The fourth-order valence-corrected chi connectivity index (χ4v) is 1.78. The molecule has 0 aliphatic heterocycles. The van der Waals surface area contributed by atoms with E-state index in [1.165, 1.54) is 24.4 Å². The van der Waals surface area contributed by atoms with Crippen LogP contribution in [0.3, 0.4) is 0 Å². The van der Waals surface area contributed by atoms with Gasteiger partial charge >= 0.3 is 0 Å². The van der Waals surface area contributed by atoms with Crippen molar-refractivity contribution in [3.8, 4) is 17.6 Å². The number of halogens is 1. The summed E-state index contributed by atoms with van der Waals surface area (Å²) in [6, 6.07) is 7.66. The van der Waals surface area contributed by atoms with Gasteiger partial charge in [0.15, 0.2) is 5.65 Å². The van der Waals surface area contributed by atoms with Gasteiger partial charge in [0.1, 0.15) is 29.1 Å². The van der Waals surface area contributed by atoms with Gasteiger partial charge in [-0.05, 0) is 12.1 Å². The van der Waals surface area contributed by atoms with Crippen LogP contribution in [0.4, 0.5) is 10.1 Å². The number of benzene rings is 1. The van der Waals surface area contributed by atoms with Crippen LogP contribution in [0, 0.1) is 17.1 Å². The van der Waals surface area contributed by atoms with E-state index in [0.29, 0.717) is 16.8 Å². The summed E-state index contributed by atoms with van der Waals surface area (Å²) in [5.74, 6) is 0.0688. The molecule has 0 saturated heterocycles. The Hall–Kier alpha value is -3.14. The Balaban J connectivity index is 2.08. The second-order valence-electron chi connectivity index (χ2n) is 4.00. The molecule has 0 unspecified atom stereocenters. The predicted molar refractivity (Wildman–Crippen MR) is 69.5 cm³/mol. The largest absolute Gasteiger partial charge is 0.456 e. The Kier molecular flexibility index (Phi) is 2.69. The van der Waals surface area contributed by atoms with Gasteiger partial charge in [-0.3, -0.25) is 5.10 Å². The summed E-state index contributed by atoms with van der Waals surface area (Å²) < 4.78 is 19.0. The molecule has 0 aliphatic rings. The predicted octanol–water partition coefficient (Wildman–Crippen LogP) is 2.34. The van der Waals surface area contributed by atoms with Crippen LogP contribution in [0.2, 0.25) is 0 Å². The third-order valence-corrected chi connectivity index (χ3v) is 2.73. The molecule has 0 fully saturated rings. The van der Waals surface area contributed by atoms with Crippen molar-refractivity contribution < 1.29 is 9.13 Å². The molecule has 0 radical (unpaired) electrons. The first-order valence-corrected chi connectivity index (χ1v) is 5.65. The Labute approximate surface area is 112 Å². The highest BCUT2D eigenvalue weighted by atomic mass is 19.1. The fourth-order valence-electron chi connectivity index (χ4n) is 1.78. The molecule has 3 N–H and O–H groups in total. The number of nitrogen functional groups attached to an aromatic ring is 1. The molecular weight excluding hydrogens is 261 g/mol. The van der Waals surface area contributed by atoms with Gasteiger partial charge in [0, 0.05) is 18.3 Å². The molecule has 0 bridgehead atoms. The van der Waals surface area contributed by atoms with E-state index in [1.54, 1.807) is 6.07 Å². The first-order valence-electron chi connectivity index (χ1n) is 5.65. The monoisotopic (exact) mass is 269 g/mol. The number of nitrogens with one attached hydrogen (secondary N) is 1.